The predicted octanol–water partition coefficient (Wildman–Crippen LogP) is 3.12. The molecule has 1 aromatic heterocycles. The monoisotopic (exact) mass is 332 g/mol. The van der Waals surface area contributed by atoms with Crippen molar-refractivity contribution >= 4 is 11.6 Å². The van der Waals surface area contributed by atoms with Crippen molar-refractivity contribution < 1.29 is 5.11 Å². The first-order valence-corrected chi connectivity index (χ1v) is 8.27. The number of aromatic nitrogens is 1. The van der Waals surface area contributed by atoms with Crippen molar-refractivity contribution in [3.63, 3.8) is 0 Å². The number of nitrogens with zero attached hydrogens (tertiary/aromatic N) is 2. The second kappa shape index (κ2) is 6.77. The second-order valence-electron chi connectivity index (χ2n) is 6.21. The van der Waals surface area contributed by atoms with Crippen molar-refractivity contribution in [1.82, 2.24) is 9.47 Å². The molecule has 3 rings (SSSR count). The molecular weight excluding hydrogens is 312 g/mol. The fraction of sp³-hybridized carbons (Fsp3) is 0.389. The summed E-state index contributed by atoms with van der Waals surface area (Å²) in [5.74, 6) is 0.582. The first kappa shape index (κ1) is 16.1. The van der Waals surface area contributed by atoms with Gasteiger partial charge in [-0.25, -0.2) is 0 Å². The first-order valence-electron chi connectivity index (χ1n) is 7.90. The molecule has 0 spiro atoms. The third-order valence-electron chi connectivity index (χ3n) is 4.64. The van der Waals surface area contributed by atoms with E-state index in [1.165, 1.54) is 0 Å². The standard InChI is InChI=1S/C18H21ClN2O2/c1-20-8-5-14(11-17(20)23)13-6-9-21(10-7-13)12-15-3-2-4-16(22)18(15)19/h2-5,8,11,13,22H,6-7,9-10,12H2,1H3. The molecule has 1 aromatic carbocycles. The molecule has 0 atom stereocenters. The molecule has 1 aliphatic rings. The molecule has 122 valence electrons. The summed E-state index contributed by atoms with van der Waals surface area (Å²) in [6.45, 7) is 2.67. The maximum atomic E-state index is 11.8. The van der Waals surface area contributed by atoms with E-state index in [1.54, 1.807) is 23.7 Å². The quantitative estimate of drug-likeness (QED) is 0.939. The summed E-state index contributed by atoms with van der Waals surface area (Å²) in [5, 5.41) is 10.1. The summed E-state index contributed by atoms with van der Waals surface area (Å²) in [5.41, 5.74) is 2.15. The van der Waals surface area contributed by atoms with Crippen LogP contribution < -0.4 is 5.56 Å². The van der Waals surface area contributed by atoms with Crippen LogP contribution in [0.25, 0.3) is 0 Å². The van der Waals surface area contributed by atoms with Gasteiger partial charge < -0.3 is 9.67 Å². The first-order chi connectivity index (χ1) is 11.0. The molecule has 23 heavy (non-hydrogen) atoms. The molecule has 4 nitrogen and oxygen atoms in total. The van der Waals surface area contributed by atoms with Crippen molar-refractivity contribution in [3.8, 4) is 5.75 Å². The van der Waals surface area contributed by atoms with E-state index in [9.17, 15) is 9.90 Å². The van der Waals surface area contributed by atoms with Crippen molar-refractivity contribution in [2.24, 2.45) is 7.05 Å². The highest BCUT2D eigenvalue weighted by Crippen LogP contribution is 2.31. The Morgan fingerprint density at radius 1 is 1.26 bits per heavy atom. The Hall–Kier alpha value is -1.78. The zero-order chi connectivity index (χ0) is 16.4. The van der Waals surface area contributed by atoms with E-state index in [1.807, 2.05) is 24.4 Å². The highest BCUT2D eigenvalue weighted by Gasteiger charge is 2.21. The Morgan fingerprint density at radius 2 is 2.00 bits per heavy atom. The van der Waals surface area contributed by atoms with Crippen molar-refractivity contribution in [1.29, 1.82) is 0 Å². The van der Waals surface area contributed by atoms with Gasteiger partial charge in [0.05, 0.1) is 5.02 Å². The summed E-state index contributed by atoms with van der Waals surface area (Å²) in [4.78, 5) is 14.1. The van der Waals surface area contributed by atoms with Gasteiger partial charge in [0.25, 0.3) is 5.56 Å². The summed E-state index contributed by atoms with van der Waals surface area (Å²) in [7, 11) is 1.77. The Balaban J connectivity index is 1.63. The zero-order valence-electron chi connectivity index (χ0n) is 13.2. The molecule has 0 unspecified atom stereocenters. The van der Waals surface area contributed by atoms with Gasteiger partial charge in [0.2, 0.25) is 0 Å². The van der Waals surface area contributed by atoms with Crippen LogP contribution >= 0.6 is 11.6 Å². The minimum atomic E-state index is 0.0523. The van der Waals surface area contributed by atoms with E-state index in [2.05, 4.69) is 4.90 Å². The number of halogens is 1. The van der Waals surface area contributed by atoms with Crippen LogP contribution in [0.4, 0.5) is 0 Å². The lowest BCUT2D eigenvalue weighted by molar-refractivity contribution is 0.204. The van der Waals surface area contributed by atoms with E-state index >= 15 is 0 Å². The lowest BCUT2D eigenvalue weighted by atomic mass is 9.90. The third kappa shape index (κ3) is 3.59. The molecule has 1 saturated heterocycles. The van der Waals surface area contributed by atoms with Gasteiger partial charge in [0.1, 0.15) is 5.75 Å². The molecule has 1 N–H and O–H groups in total. The number of aromatic hydroxyl groups is 1. The minimum Gasteiger partial charge on any atom is -0.506 e. The molecule has 0 bridgehead atoms. The van der Waals surface area contributed by atoms with Crippen LogP contribution in [-0.2, 0) is 13.6 Å². The molecule has 2 aromatic rings. The largest absolute Gasteiger partial charge is 0.506 e. The molecule has 1 fully saturated rings. The number of likely N-dealkylation sites (tertiary alicyclic amines) is 1. The van der Waals surface area contributed by atoms with Gasteiger partial charge in [0.15, 0.2) is 0 Å². The number of phenolic OH excluding ortho intramolecular Hbond substituents is 1. The second-order valence-corrected chi connectivity index (χ2v) is 6.59. The summed E-state index contributed by atoms with van der Waals surface area (Å²) in [6, 6.07) is 9.19. The SMILES string of the molecule is Cn1ccc(C2CCN(Cc3cccc(O)c3Cl)CC2)cc1=O. The van der Waals surface area contributed by atoms with Crippen LogP contribution in [0, 0.1) is 0 Å². The van der Waals surface area contributed by atoms with Crippen molar-refractivity contribution in [2.45, 2.75) is 25.3 Å². The predicted molar refractivity (Wildman–Crippen MR) is 92.1 cm³/mol. The van der Waals surface area contributed by atoms with Crippen molar-refractivity contribution in [3.05, 3.63) is 63.0 Å². The van der Waals surface area contributed by atoms with Crippen LogP contribution in [0.2, 0.25) is 5.02 Å². The van der Waals surface area contributed by atoms with Crippen LogP contribution in [0.15, 0.2) is 41.3 Å². The van der Waals surface area contributed by atoms with Crippen molar-refractivity contribution in [2.75, 3.05) is 13.1 Å². The van der Waals surface area contributed by atoms with Crippen LogP contribution in [0.1, 0.15) is 29.9 Å². The van der Waals surface area contributed by atoms with Gasteiger partial charge in [-0.2, -0.15) is 0 Å². The topological polar surface area (TPSA) is 45.5 Å². The fourth-order valence-electron chi connectivity index (χ4n) is 3.17. The number of piperidine rings is 1. The average Bonchev–Trinajstić information content (AvgIpc) is 2.55. The molecule has 0 saturated carbocycles. The molecule has 0 amide bonds. The average molecular weight is 333 g/mol. The lowest BCUT2D eigenvalue weighted by Crippen LogP contribution is -2.33. The number of hydrogen-bond acceptors (Lipinski definition) is 3. The van der Waals surface area contributed by atoms with E-state index in [0.29, 0.717) is 10.9 Å². The Labute approximate surface area is 140 Å². The molecule has 2 heterocycles. The van der Waals surface area contributed by atoms with E-state index < -0.39 is 0 Å². The molecular formula is C18H21ClN2O2. The lowest BCUT2D eigenvalue weighted by Gasteiger charge is -2.32. The van der Waals surface area contributed by atoms with Gasteiger partial charge in [-0.1, -0.05) is 23.7 Å². The summed E-state index contributed by atoms with van der Waals surface area (Å²) >= 11 is 6.16. The number of hydrogen-bond donors (Lipinski definition) is 1. The molecule has 1 aliphatic heterocycles. The normalized spacial score (nSPS) is 16.6. The van der Waals surface area contributed by atoms with E-state index in [4.69, 9.17) is 11.6 Å². The molecule has 5 heteroatoms. The summed E-state index contributed by atoms with van der Waals surface area (Å²) in [6.07, 6.45) is 3.91. The highest BCUT2D eigenvalue weighted by atomic mass is 35.5. The molecule has 0 radical (unpaired) electrons. The van der Waals surface area contributed by atoms with E-state index in [-0.39, 0.29) is 11.3 Å². The van der Waals surface area contributed by atoms with Crippen LogP contribution in [0.3, 0.4) is 0 Å². The van der Waals surface area contributed by atoms with Crippen LogP contribution in [-0.4, -0.2) is 27.7 Å². The number of pyridine rings is 1. The number of phenols is 1. The molecule has 0 aliphatic carbocycles. The Morgan fingerprint density at radius 3 is 2.70 bits per heavy atom. The summed E-state index contributed by atoms with van der Waals surface area (Å²) < 4.78 is 1.60. The number of benzene rings is 1. The van der Waals surface area contributed by atoms with Gasteiger partial charge in [-0.05, 0) is 55.1 Å². The smallest absolute Gasteiger partial charge is 0.250 e. The Bertz CT molecular complexity index is 749. The van der Waals surface area contributed by atoms with Gasteiger partial charge in [-0.15, -0.1) is 0 Å². The highest BCUT2D eigenvalue weighted by molar-refractivity contribution is 6.32. The van der Waals surface area contributed by atoms with Gasteiger partial charge >= 0.3 is 0 Å². The Kier molecular flexibility index (Phi) is 4.74. The van der Waals surface area contributed by atoms with E-state index in [0.717, 1.165) is 43.6 Å². The fourth-order valence-corrected chi connectivity index (χ4v) is 3.36. The zero-order valence-corrected chi connectivity index (χ0v) is 14.0. The van der Waals surface area contributed by atoms with Crippen LogP contribution in [0.5, 0.6) is 5.75 Å². The minimum absolute atomic E-state index is 0.0523. The number of rotatable bonds is 3. The van der Waals surface area contributed by atoms with Gasteiger partial charge in [0, 0.05) is 25.9 Å². The van der Waals surface area contributed by atoms with Gasteiger partial charge in [-0.3, -0.25) is 9.69 Å². The maximum absolute atomic E-state index is 11.8. The maximum Gasteiger partial charge on any atom is 0.250 e. The third-order valence-corrected chi connectivity index (χ3v) is 5.08. The number of aryl methyl sites for hydroxylation is 1.